The van der Waals surface area contributed by atoms with Gasteiger partial charge in [0.2, 0.25) is 0 Å². The number of Topliss-reactive ketones (excluding diaryl/α,β-unsaturated/α-hetero) is 1. The Morgan fingerprint density at radius 1 is 0.892 bits per heavy atom. The molecule has 3 aromatic carbocycles. The molecule has 1 fully saturated rings. The summed E-state index contributed by atoms with van der Waals surface area (Å²) in [6, 6.07) is 27.5. The van der Waals surface area contributed by atoms with Crippen molar-refractivity contribution in [2.75, 3.05) is 13.1 Å². The average molecular weight is 500 g/mol. The first-order valence-corrected chi connectivity index (χ1v) is 13.2. The molecule has 0 spiro atoms. The third-order valence-corrected chi connectivity index (χ3v) is 7.57. The van der Waals surface area contributed by atoms with Crippen molar-refractivity contribution >= 4 is 11.8 Å². The van der Waals surface area contributed by atoms with Crippen molar-refractivity contribution in [2.24, 2.45) is 0 Å². The summed E-state index contributed by atoms with van der Waals surface area (Å²) >= 11 is 0. The molecule has 5 nitrogen and oxygen atoms in total. The van der Waals surface area contributed by atoms with Gasteiger partial charge in [-0.2, -0.15) is 0 Å². The Labute approximate surface area is 220 Å². The molecule has 0 aromatic heterocycles. The number of hydrogen-bond donors (Lipinski definition) is 1. The highest BCUT2D eigenvalue weighted by atomic mass is 16.5. The zero-order chi connectivity index (χ0) is 26.4. The van der Waals surface area contributed by atoms with E-state index in [1.54, 1.807) is 38.1 Å². The molecular formula is C32H37NO4. The fraction of sp³-hybridized carbons (Fsp3) is 0.375. The smallest absolute Gasteiger partial charge is 0.313 e. The van der Waals surface area contributed by atoms with E-state index in [1.807, 2.05) is 43.3 Å². The minimum atomic E-state index is -0.995. The lowest BCUT2D eigenvalue weighted by Gasteiger charge is -2.37. The molecule has 194 valence electrons. The van der Waals surface area contributed by atoms with E-state index in [0.717, 1.165) is 43.5 Å². The van der Waals surface area contributed by atoms with Crippen LogP contribution in [0, 0.1) is 0 Å². The summed E-state index contributed by atoms with van der Waals surface area (Å²) in [5.41, 5.74) is 2.61. The van der Waals surface area contributed by atoms with Gasteiger partial charge in [-0.3, -0.25) is 14.5 Å². The zero-order valence-electron chi connectivity index (χ0n) is 22.0. The van der Waals surface area contributed by atoms with Crippen molar-refractivity contribution in [3.05, 3.63) is 107 Å². The van der Waals surface area contributed by atoms with Crippen molar-refractivity contribution in [2.45, 2.75) is 63.7 Å². The maximum atomic E-state index is 13.4. The summed E-state index contributed by atoms with van der Waals surface area (Å²) < 4.78 is 6.68. The van der Waals surface area contributed by atoms with E-state index in [9.17, 15) is 14.7 Å². The van der Waals surface area contributed by atoms with E-state index in [1.165, 1.54) is 0 Å². The monoisotopic (exact) mass is 499 g/mol. The van der Waals surface area contributed by atoms with Crippen LogP contribution in [0.2, 0.25) is 0 Å². The number of aliphatic carboxylic acids is 1. The molecule has 0 amide bonds. The number of rotatable bonds is 10. The normalized spacial score (nSPS) is 16.0. The second-order valence-corrected chi connectivity index (χ2v) is 10.4. The minimum absolute atomic E-state index is 0.0907. The van der Waals surface area contributed by atoms with Crippen LogP contribution in [0.3, 0.4) is 0 Å². The van der Waals surface area contributed by atoms with Crippen LogP contribution in [0.15, 0.2) is 84.9 Å². The molecule has 1 heterocycles. The molecular weight excluding hydrogens is 462 g/mol. The zero-order valence-corrected chi connectivity index (χ0v) is 22.0. The van der Waals surface area contributed by atoms with E-state index in [2.05, 4.69) is 29.2 Å². The summed E-state index contributed by atoms with van der Waals surface area (Å²) in [6.07, 6.45) is 2.46. The number of ketones is 1. The van der Waals surface area contributed by atoms with Crippen molar-refractivity contribution in [1.29, 1.82) is 0 Å². The fourth-order valence-electron chi connectivity index (χ4n) is 5.10. The Hall–Kier alpha value is -3.28. The first-order valence-electron chi connectivity index (χ1n) is 13.2. The molecule has 0 saturated carbocycles. The van der Waals surface area contributed by atoms with Gasteiger partial charge in [0.25, 0.3) is 0 Å². The summed E-state index contributed by atoms with van der Waals surface area (Å²) in [4.78, 5) is 27.3. The molecule has 1 unspecified atom stereocenters. The second kappa shape index (κ2) is 11.8. The number of piperidine rings is 1. The van der Waals surface area contributed by atoms with Crippen molar-refractivity contribution in [3.8, 4) is 0 Å². The molecule has 1 atom stereocenters. The first-order chi connectivity index (χ1) is 17.8. The number of likely N-dealkylation sites (tertiary alicyclic amines) is 1. The van der Waals surface area contributed by atoms with Crippen LogP contribution in [-0.2, 0) is 14.9 Å². The molecule has 3 aromatic rings. The summed E-state index contributed by atoms with van der Waals surface area (Å²) in [5.74, 6) is -0.794. The summed E-state index contributed by atoms with van der Waals surface area (Å²) in [5, 5.41) is 9.49. The summed E-state index contributed by atoms with van der Waals surface area (Å²) in [6.45, 7) is 7.00. The van der Waals surface area contributed by atoms with Crippen LogP contribution in [0.1, 0.15) is 73.2 Å². The Bertz CT molecular complexity index is 1130. The van der Waals surface area contributed by atoms with Gasteiger partial charge >= 0.3 is 5.97 Å². The van der Waals surface area contributed by atoms with Crippen LogP contribution in [0.5, 0.6) is 0 Å². The van der Waals surface area contributed by atoms with E-state index >= 15 is 0 Å². The second-order valence-electron chi connectivity index (χ2n) is 10.4. The highest BCUT2D eigenvalue weighted by Crippen LogP contribution is 2.31. The quantitative estimate of drug-likeness (QED) is 0.333. The predicted molar refractivity (Wildman–Crippen MR) is 146 cm³/mol. The lowest BCUT2D eigenvalue weighted by molar-refractivity contribution is -0.142. The number of nitrogens with zero attached hydrogens (tertiary/aromatic N) is 1. The number of carboxylic acid groups (broad SMARTS) is 1. The van der Waals surface area contributed by atoms with Gasteiger partial charge in [-0.15, -0.1) is 0 Å². The molecule has 0 bridgehead atoms. The number of benzene rings is 3. The Morgan fingerprint density at radius 2 is 1.41 bits per heavy atom. The number of carboxylic acids is 1. The maximum absolute atomic E-state index is 13.4. The summed E-state index contributed by atoms with van der Waals surface area (Å²) in [7, 11) is 0. The van der Waals surface area contributed by atoms with E-state index in [0.29, 0.717) is 11.1 Å². The van der Waals surface area contributed by atoms with Crippen molar-refractivity contribution in [3.63, 3.8) is 0 Å². The minimum Gasteiger partial charge on any atom is -0.481 e. The molecule has 1 N–H and O–H groups in total. The molecule has 5 heteroatoms. The fourth-order valence-corrected chi connectivity index (χ4v) is 5.10. The van der Waals surface area contributed by atoms with Crippen LogP contribution in [0.25, 0.3) is 0 Å². The molecule has 1 aliphatic heterocycles. The van der Waals surface area contributed by atoms with Gasteiger partial charge in [0.1, 0.15) is 6.10 Å². The third kappa shape index (κ3) is 6.17. The van der Waals surface area contributed by atoms with Gasteiger partial charge in [-0.25, -0.2) is 0 Å². The molecule has 37 heavy (non-hydrogen) atoms. The molecule has 1 saturated heterocycles. The van der Waals surface area contributed by atoms with Crippen LogP contribution in [0.4, 0.5) is 0 Å². The van der Waals surface area contributed by atoms with Crippen LogP contribution < -0.4 is 0 Å². The highest BCUT2D eigenvalue weighted by Gasteiger charge is 2.32. The van der Waals surface area contributed by atoms with Gasteiger partial charge in [0.15, 0.2) is 5.78 Å². The highest BCUT2D eigenvalue weighted by molar-refractivity contribution is 6.00. The van der Waals surface area contributed by atoms with Gasteiger partial charge in [-0.05, 0) is 49.8 Å². The molecule has 1 aliphatic rings. The Morgan fingerprint density at radius 3 is 1.86 bits per heavy atom. The maximum Gasteiger partial charge on any atom is 0.313 e. The molecule has 0 aliphatic carbocycles. The van der Waals surface area contributed by atoms with Gasteiger partial charge in [0.05, 0.1) is 17.6 Å². The third-order valence-electron chi connectivity index (χ3n) is 7.57. The largest absolute Gasteiger partial charge is 0.481 e. The molecule has 0 radical (unpaired) electrons. The number of carbonyl (C=O) groups excluding carboxylic acids is 1. The van der Waals surface area contributed by atoms with Gasteiger partial charge < -0.3 is 9.84 Å². The standard InChI is InChI=1S/C32H37NO4/c1-4-28(29(34)23-15-17-26(18-16-23)32(2,3)31(35)36)33-21-19-27(20-22-33)37-30(24-11-7-5-8-12-24)25-13-9-6-10-14-25/h5-18,27-28,30H,4,19-22H2,1-3H3,(H,35,36). The molecule has 4 rings (SSSR count). The Kier molecular flexibility index (Phi) is 8.57. The van der Waals surface area contributed by atoms with E-state index < -0.39 is 11.4 Å². The topological polar surface area (TPSA) is 66.8 Å². The number of ether oxygens (including phenoxy) is 1. The van der Waals surface area contributed by atoms with Crippen LogP contribution in [-0.4, -0.2) is 47.0 Å². The van der Waals surface area contributed by atoms with Crippen LogP contribution >= 0.6 is 0 Å². The SMILES string of the molecule is CCC(C(=O)c1ccc(C(C)(C)C(=O)O)cc1)N1CCC(OC(c2ccccc2)c2ccccc2)CC1. The first kappa shape index (κ1) is 26.8. The number of carbonyl (C=O) groups is 2. The number of hydrogen-bond acceptors (Lipinski definition) is 4. The van der Waals surface area contributed by atoms with Crippen molar-refractivity contribution < 1.29 is 19.4 Å². The van der Waals surface area contributed by atoms with Gasteiger partial charge in [0, 0.05) is 18.7 Å². The van der Waals surface area contributed by atoms with E-state index in [-0.39, 0.29) is 24.0 Å². The van der Waals surface area contributed by atoms with Crippen molar-refractivity contribution in [1.82, 2.24) is 4.90 Å². The Balaban J connectivity index is 1.41. The lowest BCUT2D eigenvalue weighted by atomic mass is 9.84. The predicted octanol–water partition coefficient (Wildman–Crippen LogP) is 6.28. The average Bonchev–Trinajstić information content (AvgIpc) is 2.93. The van der Waals surface area contributed by atoms with Gasteiger partial charge in [-0.1, -0.05) is 91.9 Å². The van der Waals surface area contributed by atoms with E-state index in [4.69, 9.17) is 4.74 Å². The lowest BCUT2D eigenvalue weighted by Crippen LogP contribution is -2.47.